The van der Waals surface area contributed by atoms with Crippen LogP contribution < -0.4 is 10.6 Å². The third-order valence-corrected chi connectivity index (χ3v) is 6.27. The van der Waals surface area contributed by atoms with E-state index in [1.54, 1.807) is 6.92 Å². The van der Waals surface area contributed by atoms with E-state index in [0.717, 1.165) is 37.0 Å². The van der Waals surface area contributed by atoms with Gasteiger partial charge in [0.1, 0.15) is 0 Å². The van der Waals surface area contributed by atoms with Crippen LogP contribution >= 0.6 is 0 Å². The van der Waals surface area contributed by atoms with Crippen molar-refractivity contribution in [1.29, 1.82) is 0 Å². The molecule has 4 saturated carbocycles. The zero-order valence-electron chi connectivity index (χ0n) is 15.3. The lowest BCUT2D eigenvalue weighted by Crippen LogP contribution is -2.53. The number of nitrogens with one attached hydrogen (secondary N) is 2. The quantitative estimate of drug-likeness (QED) is 0.686. The van der Waals surface area contributed by atoms with Crippen LogP contribution in [0.2, 0.25) is 0 Å². The highest BCUT2D eigenvalue weighted by atomic mass is 16.5. The van der Waals surface area contributed by atoms with Gasteiger partial charge in [0.25, 0.3) is 0 Å². The summed E-state index contributed by atoms with van der Waals surface area (Å²) in [6, 6.07) is -0.265. The second kappa shape index (κ2) is 7.34. The monoisotopic (exact) mass is 350 g/mol. The van der Waals surface area contributed by atoms with Crippen LogP contribution in [0.3, 0.4) is 0 Å². The molecule has 0 aromatic carbocycles. The third kappa shape index (κ3) is 4.15. The topological polar surface area (TPSA) is 84.5 Å². The average Bonchev–Trinajstić information content (AvgIpc) is 2.53. The first kappa shape index (κ1) is 18.2. The Morgan fingerprint density at radius 3 is 2.16 bits per heavy atom. The summed E-state index contributed by atoms with van der Waals surface area (Å²) >= 11 is 0. The fraction of sp³-hybridized carbons (Fsp3) is 0.842. The van der Waals surface area contributed by atoms with Gasteiger partial charge in [-0.2, -0.15) is 0 Å². The van der Waals surface area contributed by atoms with Crippen molar-refractivity contribution in [3.8, 4) is 0 Å². The Bertz CT molecular complexity index is 510. The minimum absolute atomic E-state index is 0.151. The Kier molecular flexibility index (Phi) is 5.35. The van der Waals surface area contributed by atoms with Crippen LogP contribution in [-0.2, 0) is 19.1 Å². The second-order valence-electron chi connectivity index (χ2n) is 8.45. The van der Waals surface area contributed by atoms with Crippen molar-refractivity contribution in [2.45, 2.75) is 64.3 Å². The first-order valence-electron chi connectivity index (χ1n) is 9.54. The molecule has 4 aliphatic carbocycles. The van der Waals surface area contributed by atoms with Crippen LogP contribution in [0.15, 0.2) is 0 Å². The molecule has 0 aliphatic heterocycles. The molecule has 0 saturated heterocycles. The van der Waals surface area contributed by atoms with Gasteiger partial charge in [-0.25, -0.2) is 0 Å². The molecular formula is C19H30N2O4. The highest BCUT2D eigenvalue weighted by Crippen LogP contribution is 2.60. The Morgan fingerprint density at radius 2 is 1.64 bits per heavy atom. The Balaban J connectivity index is 1.41. The van der Waals surface area contributed by atoms with E-state index in [0.29, 0.717) is 6.54 Å². The van der Waals surface area contributed by atoms with Gasteiger partial charge in [-0.05, 0) is 63.2 Å². The van der Waals surface area contributed by atoms with Crippen LogP contribution in [0.5, 0.6) is 0 Å². The van der Waals surface area contributed by atoms with Gasteiger partial charge in [0.15, 0.2) is 0 Å². The third-order valence-electron chi connectivity index (χ3n) is 6.27. The first-order valence-corrected chi connectivity index (χ1v) is 9.54. The van der Waals surface area contributed by atoms with Gasteiger partial charge >= 0.3 is 5.97 Å². The summed E-state index contributed by atoms with van der Waals surface area (Å²) in [5.74, 6) is 1.87. The van der Waals surface area contributed by atoms with E-state index in [-0.39, 0.29) is 42.1 Å². The normalized spacial score (nSPS) is 33.6. The molecule has 0 radical (unpaired) electrons. The van der Waals surface area contributed by atoms with E-state index in [1.165, 1.54) is 26.4 Å². The van der Waals surface area contributed by atoms with E-state index >= 15 is 0 Å². The SMILES string of the molecule is COC(=O)CC(C)NC(=O)CCNC(=O)C12CC3CC(CC(C3)C1)C2. The van der Waals surface area contributed by atoms with Gasteiger partial charge in [-0.15, -0.1) is 0 Å². The highest BCUT2D eigenvalue weighted by Gasteiger charge is 2.54. The number of carbonyl (C=O) groups excluding carboxylic acids is 3. The molecule has 1 atom stereocenters. The zero-order chi connectivity index (χ0) is 18.0. The lowest BCUT2D eigenvalue weighted by molar-refractivity contribution is -0.146. The van der Waals surface area contributed by atoms with Crippen LogP contribution in [-0.4, -0.2) is 37.5 Å². The van der Waals surface area contributed by atoms with E-state index in [1.807, 2.05) is 0 Å². The number of esters is 1. The number of ether oxygens (including phenoxy) is 1. The van der Waals surface area contributed by atoms with Gasteiger partial charge in [0.05, 0.1) is 13.5 Å². The summed E-state index contributed by atoms with van der Waals surface area (Å²) in [6.07, 6.45) is 7.44. The molecule has 4 bridgehead atoms. The van der Waals surface area contributed by atoms with Crippen molar-refractivity contribution in [3.63, 3.8) is 0 Å². The molecule has 0 aromatic heterocycles. The zero-order valence-corrected chi connectivity index (χ0v) is 15.3. The molecule has 2 amide bonds. The standard InChI is InChI=1S/C19H30N2O4/c1-12(5-17(23)25-2)21-16(22)3-4-20-18(24)19-9-13-6-14(10-19)8-15(7-13)11-19/h12-15H,3-11H2,1-2H3,(H,20,24)(H,21,22). The van der Waals surface area contributed by atoms with Crippen LogP contribution in [0, 0.1) is 23.2 Å². The van der Waals surface area contributed by atoms with Gasteiger partial charge in [-0.1, -0.05) is 0 Å². The summed E-state index contributed by atoms with van der Waals surface area (Å²) in [4.78, 5) is 35.9. The van der Waals surface area contributed by atoms with Crippen molar-refractivity contribution in [3.05, 3.63) is 0 Å². The minimum atomic E-state index is -0.345. The summed E-state index contributed by atoms with van der Waals surface area (Å²) in [6.45, 7) is 2.13. The van der Waals surface area contributed by atoms with Gasteiger partial charge in [0, 0.05) is 24.4 Å². The van der Waals surface area contributed by atoms with Gasteiger partial charge < -0.3 is 15.4 Å². The van der Waals surface area contributed by atoms with Gasteiger partial charge in [-0.3, -0.25) is 14.4 Å². The van der Waals surface area contributed by atoms with Crippen molar-refractivity contribution in [2.75, 3.05) is 13.7 Å². The molecule has 4 aliphatic rings. The largest absolute Gasteiger partial charge is 0.469 e. The van der Waals surface area contributed by atoms with Crippen molar-refractivity contribution in [1.82, 2.24) is 10.6 Å². The first-order chi connectivity index (χ1) is 11.9. The predicted octanol–water partition coefficient (Wildman–Crippen LogP) is 1.78. The number of amides is 2. The maximum absolute atomic E-state index is 12.8. The van der Waals surface area contributed by atoms with E-state index in [2.05, 4.69) is 15.4 Å². The Hall–Kier alpha value is -1.59. The molecule has 1 unspecified atom stereocenters. The molecule has 0 spiro atoms. The summed E-state index contributed by atoms with van der Waals surface area (Å²) < 4.78 is 4.58. The average molecular weight is 350 g/mol. The number of hydrogen-bond donors (Lipinski definition) is 2. The van der Waals surface area contributed by atoms with Crippen LogP contribution in [0.25, 0.3) is 0 Å². The molecule has 4 rings (SSSR count). The fourth-order valence-corrected chi connectivity index (χ4v) is 5.60. The molecular weight excluding hydrogens is 320 g/mol. The molecule has 6 nitrogen and oxygen atoms in total. The maximum atomic E-state index is 12.8. The summed E-state index contributed by atoms with van der Waals surface area (Å²) in [5.41, 5.74) is -0.163. The molecule has 4 fully saturated rings. The smallest absolute Gasteiger partial charge is 0.307 e. The lowest BCUT2D eigenvalue weighted by Gasteiger charge is -2.55. The summed E-state index contributed by atoms with van der Waals surface area (Å²) in [5, 5.41) is 5.77. The minimum Gasteiger partial charge on any atom is -0.469 e. The Labute approximate surface area is 149 Å². The maximum Gasteiger partial charge on any atom is 0.307 e. The summed E-state index contributed by atoms with van der Waals surface area (Å²) in [7, 11) is 1.33. The predicted molar refractivity (Wildman–Crippen MR) is 92.5 cm³/mol. The fourth-order valence-electron chi connectivity index (χ4n) is 5.60. The highest BCUT2D eigenvalue weighted by molar-refractivity contribution is 5.84. The van der Waals surface area contributed by atoms with Crippen LogP contribution in [0.1, 0.15) is 58.3 Å². The number of rotatable bonds is 7. The number of methoxy groups -OCH3 is 1. The number of carbonyl (C=O) groups is 3. The van der Waals surface area contributed by atoms with Crippen molar-refractivity contribution < 1.29 is 19.1 Å². The molecule has 25 heavy (non-hydrogen) atoms. The Morgan fingerprint density at radius 1 is 1.08 bits per heavy atom. The lowest BCUT2D eigenvalue weighted by atomic mass is 9.49. The number of hydrogen-bond acceptors (Lipinski definition) is 4. The van der Waals surface area contributed by atoms with Gasteiger partial charge in [0.2, 0.25) is 11.8 Å². The van der Waals surface area contributed by atoms with Crippen molar-refractivity contribution >= 4 is 17.8 Å². The molecule has 0 aromatic rings. The molecule has 2 N–H and O–H groups in total. The van der Waals surface area contributed by atoms with Crippen LogP contribution in [0.4, 0.5) is 0 Å². The van der Waals surface area contributed by atoms with E-state index < -0.39 is 0 Å². The van der Waals surface area contributed by atoms with Crippen molar-refractivity contribution in [2.24, 2.45) is 23.2 Å². The molecule has 140 valence electrons. The van der Waals surface area contributed by atoms with E-state index in [9.17, 15) is 14.4 Å². The van der Waals surface area contributed by atoms with E-state index in [4.69, 9.17) is 0 Å². The second-order valence-corrected chi connectivity index (χ2v) is 8.45. The molecule has 0 heterocycles. The molecule has 6 heteroatoms.